The molecule has 0 aromatic rings. The molecule has 8 atom stereocenters. The van der Waals surface area contributed by atoms with Crippen molar-refractivity contribution in [2.24, 2.45) is 50.2 Å². The SMILES string of the molecule is CC1(C)CC[C@]2(C)CC[C@]3(C)C(=CC(=O)C4[C@@]5(C)CCC(O)C(C)(C)C5CC[C@]43C)C2C1. The van der Waals surface area contributed by atoms with Crippen LogP contribution < -0.4 is 0 Å². The van der Waals surface area contributed by atoms with Gasteiger partial charge in [0.15, 0.2) is 5.78 Å². The summed E-state index contributed by atoms with van der Waals surface area (Å²) in [4.78, 5) is 14.2. The molecule has 0 radical (unpaired) electrons. The Kier molecular flexibility index (Phi) is 4.71. The summed E-state index contributed by atoms with van der Waals surface area (Å²) in [6, 6.07) is 0. The number of carbonyl (C=O) groups excluding carboxylic acids is 1. The zero-order chi connectivity index (χ0) is 23.5. The predicted molar refractivity (Wildman–Crippen MR) is 131 cm³/mol. The highest BCUT2D eigenvalue weighted by Gasteiger charge is 2.69. The van der Waals surface area contributed by atoms with Crippen LogP contribution in [0.25, 0.3) is 0 Å². The van der Waals surface area contributed by atoms with Crippen LogP contribution in [-0.4, -0.2) is 17.0 Å². The lowest BCUT2D eigenvalue weighted by Crippen LogP contribution is -2.66. The van der Waals surface area contributed by atoms with Gasteiger partial charge in [-0.15, -0.1) is 0 Å². The summed E-state index contributed by atoms with van der Waals surface area (Å²) < 4.78 is 0. The maximum atomic E-state index is 14.2. The van der Waals surface area contributed by atoms with Gasteiger partial charge in [-0.1, -0.05) is 61.0 Å². The highest BCUT2D eigenvalue weighted by Crippen LogP contribution is 2.75. The van der Waals surface area contributed by atoms with Crippen LogP contribution in [0.2, 0.25) is 0 Å². The summed E-state index contributed by atoms with van der Waals surface area (Å²) >= 11 is 0. The van der Waals surface area contributed by atoms with Crippen molar-refractivity contribution in [2.75, 3.05) is 0 Å². The number of fused-ring (bicyclic) bond motifs is 7. The molecule has 0 spiro atoms. The number of hydrogen-bond donors (Lipinski definition) is 1. The molecule has 1 N–H and O–H groups in total. The molecule has 180 valence electrons. The van der Waals surface area contributed by atoms with E-state index in [2.05, 4.69) is 61.5 Å². The molecule has 0 aromatic heterocycles. The lowest BCUT2D eigenvalue weighted by Gasteiger charge is -2.70. The Hall–Kier alpha value is -0.630. The Labute approximate surface area is 197 Å². The Morgan fingerprint density at radius 2 is 1.50 bits per heavy atom. The first-order chi connectivity index (χ1) is 14.6. The Bertz CT molecular complexity index is 866. The van der Waals surface area contributed by atoms with Crippen LogP contribution >= 0.6 is 0 Å². The van der Waals surface area contributed by atoms with Crippen molar-refractivity contribution in [3.05, 3.63) is 11.6 Å². The second-order valence-corrected chi connectivity index (χ2v) is 15.2. The first-order valence-electron chi connectivity index (χ1n) is 13.5. The Morgan fingerprint density at radius 3 is 2.19 bits per heavy atom. The van der Waals surface area contributed by atoms with E-state index >= 15 is 0 Å². The van der Waals surface area contributed by atoms with Gasteiger partial charge < -0.3 is 5.11 Å². The first-order valence-corrected chi connectivity index (χ1v) is 13.5. The third kappa shape index (κ3) is 2.71. The van der Waals surface area contributed by atoms with Crippen LogP contribution in [0.15, 0.2) is 11.6 Å². The summed E-state index contributed by atoms with van der Waals surface area (Å²) in [5.74, 6) is 1.49. The average molecular weight is 441 g/mol. The number of carbonyl (C=O) groups is 1. The van der Waals surface area contributed by atoms with Gasteiger partial charge in [0.05, 0.1) is 6.10 Å². The van der Waals surface area contributed by atoms with E-state index in [1.54, 1.807) is 0 Å². The predicted octanol–water partition coefficient (Wildman–Crippen LogP) is 7.35. The maximum absolute atomic E-state index is 14.2. The van der Waals surface area contributed by atoms with E-state index in [1.807, 2.05) is 0 Å². The molecule has 2 nitrogen and oxygen atoms in total. The van der Waals surface area contributed by atoms with Crippen LogP contribution in [0.5, 0.6) is 0 Å². The van der Waals surface area contributed by atoms with Gasteiger partial charge in [-0.05, 0) is 108 Å². The number of hydrogen-bond acceptors (Lipinski definition) is 2. The molecule has 32 heavy (non-hydrogen) atoms. The summed E-state index contributed by atoms with van der Waals surface area (Å²) in [5, 5.41) is 10.9. The molecule has 5 rings (SSSR count). The van der Waals surface area contributed by atoms with E-state index in [9.17, 15) is 9.90 Å². The quantitative estimate of drug-likeness (QED) is 0.427. The van der Waals surface area contributed by atoms with Gasteiger partial charge in [-0.3, -0.25) is 4.79 Å². The fourth-order valence-electron chi connectivity index (χ4n) is 10.3. The van der Waals surface area contributed by atoms with Gasteiger partial charge in [0.2, 0.25) is 0 Å². The third-order valence-corrected chi connectivity index (χ3v) is 12.8. The van der Waals surface area contributed by atoms with Crippen molar-refractivity contribution in [1.29, 1.82) is 0 Å². The van der Waals surface area contributed by atoms with Crippen molar-refractivity contribution in [3.8, 4) is 0 Å². The van der Waals surface area contributed by atoms with Crippen LogP contribution in [0.4, 0.5) is 0 Å². The molecule has 0 saturated heterocycles. The summed E-state index contributed by atoms with van der Waals surface area (Å²) in [5.41, 5.74) is 2.29. The van der Waals surface area contributed by atoms with Gasteiger partial charge in [-0.2, -0.15) is 0 Å². The number of allylic oxidation sites excluding steroid dienone is 2. The molecule has 5 aliphatic carbocycles. The standard InChI is InChI=1S/C30H48O2/c1-25(2)13-14-27(5)15-16-29(7)19(20(27)18-25)17-21(31)24-28(6)11-10-23(32)26(3,4)22(28)9-12-30(24,29)8/h17,20,22-24,32H,9-16,18H2,1-8H3/t20?,22?,23?,24?,27-,28+,29-,30-/m1/s1. The van der Waals surface area contributed by atoms with E-state index in [0.717, 1.165) is 25.7 Å². The zero-order valence-electron chi connectivity index (χ0n) is 22.1. The third-order valence-electron chi connectivity index (χ3n) is 12.8. The Morgan fingerprint density at radius 1 is 0.844 bits per heavy atom. The lowest BCUT2D eigenvalue weighted by molar-refractivity contribution is -0.202. The first kappa shape index (κ1) is 23.1. The molecule has 0 bridgehead atoms. The molecular weight excluding hydrogens is 392 g/mol. The monoisotopic (exact) mass is 440 g/mol. The molecule has 0 aliphatic heterocycles. The molecule has 4 saturated carbocycles. The highest BCUT2D eigenvalue weighted by atomic mass is 16.3. The van der Waals surface area contributed by atoms with E-state index in [4.69, 9.17) is 0 Å². The molecule has 0 aromatic carbocycles. The normalized spacial score (nSPS) is 53.9. The minimum absolute atomic E-state index is 0.00948. The largest absolute Gasteiger partial charge is 0.393 e. The molecule has 4 unspecified atom stereocenters. The number of aliphatic hydroxyl groups is 1. The summed E-state index contributed by atoms with van der Waals surface area (Å²) in [6.45, 7) is 19.4. The van der Waals surface area contributed by atoms with Gasteiger partial charge >= 0.3 is 0 Å². The van der Waals surface area contributed by atoms with Crippen LogP contribution in [0, 0.1) is 50.2 Å². The number of aliphatic hydroxyl groups excluding tert-OH is 1. The van der Waals surface area contributed by atoms with Crippen molar-refractivity contribution in [2.45, 2.75) is 119 Å². The van der Waals surface area contributed by atoms with E-state index < -0.39 is 0 Å². The molecular formula is C30H48O2. The van der Waals surface area contributed by atoms with Crippen LogP contribution in [-0.2, 0) is 4.79 Å². The van der Waals surface area contributed by atoms with Crippen molar-refractivity contribution < 1.29 is 9.90 Å². The lowest BCUT2D eigenvalue weighted by atomic mass is 9.33. The molecule has 5 aliphatic rings. The minimum atomic E-state index is -0.245. The number of rotatable bonds is 0. The van der Waals surface area contributed by atoms with E-state index in [1.165, 1.54) is 37.7 Å². The smallest absolute Gasteiger partial charge is 0.159 e. The summed E-state index contributed by atoms with van der Waals surface area (Å²) in [7, 11) is 0. The fraction of sp³-hybridized carbons (Fsp3) is 0.900. The Balaban J connectivity index is 1.63. The maximum Gasteiger partial charge on any atom is 0.159 e. The van der Waals surface area contributed by atoms with Crippen molar-refractivity contribution in [3.63, 3.8) is 0 Å². The topological polar surface area (TPSA) is 37.3 Å². The second-order valence-electron chi connectivity index (χ2n) is 15.2. The van der Waals surface area contributed by atoms with Gasteiger partial charge in [0.25, 0.3) is 0 Å². The minimum Gasteiger partial charge on any atom is -0.393 e. The zero-order valence-corrected chi connectivity index (χ0v) is 22.1. The molecule has 2 heteroatoms. The summed E-state index contributed by atoms with van der Waals surface area (Å²) in [6.07, 6.45) is 12.4. The van der Waals surface area contributed by atoms with E-state index in [-0.39, 0.29) is 33.7 Å². The van der Waals surface area contributed by atoms with E-state index in [0.29, 0.717) is 28.4 Å². The van der Waals surface area contributed by atoms with Gasteiger partial charge in [0, 0.05) is 5.92 Å². The fourth-order valence-corrected chi connectivity index (χ4v) is 10.3. The van der Waals surface area contributed by atoms with Crippen molar-refractivity contribution >= 4 is 5.78 Å². The molecule has 0 amide bonds. The van der Waals surface area contributed by atoms with Crippen LogP contribution in [0.3, 0.4) is 0 Å². The van der Waals surface area contributed by atoms with Crippen LogP contribution in [0.1, 0.15) is 113 Å². The molecule has 4 fully saturated rings. The van der Waals surface area contributed by atoms with Gasteiger partial charge in [-0.25, -0.2) is 0 Å². The number of ketones is 1. The van der Waals surface area contributed by atoms with Crippen molar-refractivity contribution in [1.82, 2.24) is 0 Å². The second kappa shape index (κ2) is 6.52. The van der Waals surface area contributed by atoms with Gasteiger partial charge in [0.1, 0.15) is 0 Å². The average Bonchev–Trinajstić information content (AvgIpc) is 2.68. The molecule has 0 heterocycles. The highest BCUT2D eigenvalue weighted by molar-refractivity contribution is 5.95.